The van der Waals surface area contributed by atoms with Crippen LogP contribution in [0.3, 0.4) is 0 Å². The Balaban J connectivity index is 1.65. The van der Waals surface area contributed by atoms with E-state index in [4.69, 9.17) is 9.47 Å². The van der Waals surface area contributed by atoms with E-state index < -0.39 is 0 Å². The second-order valence-electron chi connectivity index (χ2n) is 7.71. The highest BCUT2D eigenvalue weighted by molar-refractivity contribution is 6.04. The number of ether oxygens (including phenoxy) is 2. The smallest absolute Gasteiger partial charge is 0.257 e. The first-order chi connectivity index (χ1) is 13.8. The molecule has 0 saturated carbocycles. The molecular weight excluding hydrogens is 370 g/mol. The molecule has 1 N–H and O–H groups in total. The van der Waals surface area contributed by atoms with Crippen molar-refractivity contribution in [2.24, 2.45) is 7.05 Å². The van der Waals surface area contributed by atoms with Crippen LogP contribution in [-0.2, 0) is 13.5 Å². The lowest BCUT2D eigenvalue weighted by atomic mass is 9.99. The van der Waals surface area contributed by atoms with Gasteiger partial charge in [-0.05, 0) is 32.9 Å². The Morgan fingerprint density at radius 2 is 2.17 bits per heavy atom. The van der Waals surface area contributed by atoms with Gasteiger partial charge in [0.2, 0.25) is 0 Å². The summed E-state index contributed by atoms with van der Waals surface area (Å²) in [6, 6.07) is 5.23. The van der Waals surface area contributed by atoms with Gasteiger partial charge < -0.3 is 14.8 Å². The van der Waals surface area contributed by atoms with Crippen LogP contribution in [0.25, 0.3) is 0 Å². The lowest BCUT2D eigenvalue weighted by Crippen LogP contribution is -2.24. The van der Waals surface area contributed by atoms with Gasteiger partial charge in [0, 0.05) is 49.3 Å². The third-order valence-electron chi connectivity index (χ3n) is 4.68. The zero-order valence-electron chi connectivity index (χ0n) is 16.8. The summed E-state index contributed by atoms with van der Waals surface area (Å²) in [6.45, 7) is 5.92. The molecule has 0 aliphatic carbocycles. The number of nitrogens with zero attached hydrogens (tertiary/aromatic N) is 4. The minimum Gasteiger partial charge on any atom is -0.487 e. The van der Waals surface area contributed by atoms with Crippen molar-refractivity contribution in [2.75, 3.05) is 5.32 Å². The Kier molecular flexibility index (Phi) is 4.70. The number of nitrogens with one attached hydrogen (secondary N) is 1. The zero-order valence-corrected chi connectivity index (χ0v) is 16.8. The van der Waals surface area contributed by atoms with Crippen LogP contribution in [0.2, 0.25) is 0 Å². The van der Waals surface area contributed by atoms with Gasteiger partial charge in [0.1, 0.15) is 23.2 Å². The largest absolute Gasteiger partial charge is 0.487 e. The number of hydrogen-bond donors (Lipinski definition) is 1. The summed E-state index contributed by atoms with van der Waals surface area (Å²) < 4.78 is 13.9. The van der Waals surface area contributed by atoms with Crippen molar-refractivity contribution in [3.63, 3.8) is 0 Å². The highest BCUT2D eigenvalue weighted by Gasteiger charge is 2.34. The average molecular weight is 393 g/mol. The molecule has 1 atom stereocenters. The van der Waals surface area contributed by atoms with Crippen LogP contribution in [0.15, 0.2) is 43.0 Å². The Bertz CT molecular complexity index is 1050. The molecule has 150 valence electrons. The summed E-state index contributed by atoms with van der Waals surface area (Å²) >= 11 is 0. The van der Waals surface area contributed by atoms with E-state index in [1.54, 1.807) is 54.7 Å². The van der Waals surface area contributed by atoms with Gasteiger partial charge in [0.15, 0.2) is 5.82 Å². The molecule has 1 unspecified atom stereocenters. The van der Waals surface area contributed by atoms with Crippen LogP contribution < -0.4 is 14.8 Å². The predicted molar refractivity (Wildman–Crippen MR) is 107 cm³/mol. The SMILES string of the molecule is CC(Oc1cc(C(=O)Nc2ccn(C)n2)cc2c1CC(C)(C)O2)c1cnccn1. The third kappa shape index (κ3) is 4.06. The number of benzene rings is 1. The lowest BCUT2D eigenvalue weighted by molar-refractivity contribution is 0.102. The Labute approximate surface area is 168 Å². The number of carbonyl (C=O) groups is 1. The molecule has 1 amide bonds. The minimum absolute atomic E-state index is 0.281. The number of rotatable bonds is 5. The van der Waals surface area contributed by atoms with E-state index in [2.05, 4.69) is 20.4 Å². The van der Waals surface area contributed by atoms with Crippen molar-refractivity contribution in [3.8, 4) is 11.5 Å². The summed E-state index contributed by atoms with van der Waals surface area (Å²) in [4.78, 5) is 21.2. The van der Waals surface area contributed by atoms with Crippen molar-refractivity contribution in [1.82, 2.24) is 19.7 Å². The van der Waals surface area contributed by atoms with E-state index in [0.29, 0.717) is 35.0 Å². The third-order valence-corrected chi connectivity index (χ3v) is 4.68. The molecule has 2 aromatic heterocycles. The number of fused-ring (bicyclic) bond motifs is 1. The molecule has 3 aromatic rings. The fourth-order valence-corrected chi connectivity index (χ4v) is 3.32. The van der Waals surface area contributed by atoms with Gasteiger partial charge >= 0.3 is 0 Å². The Hall–Kier alpha value is -3.42. The number of amides is 1. The second-order valence-corrected chi connectivity index (χ2v) is 7.71. The predicted octanol–water partition coefficient (Wildman–Crippen LogP) is 3.32. The maximum atomic E-state index is 12.8. The number of carbonyl (C=O) groups excluding carboxylic acids is 1. The number of anilines is 1. The fourth-order valence-electron chi connectivity index (χ4n) is 3.32. The zero-order chi connectivity index (χ0) is 20.6. The molecule has 8 nitrogen and oxygen atoms in total. The number of aromatic nitrogens is 4. The summed E-state index contributed by atoms with van der Waals surface area (Å²) in [7, 11) is 1.79. The number of hydrogen-bond acceptors (Lipinski definition) is 6. The molecule has 4 rings (SSSR count). The molecule has 0 fully saturated rings. The lowest BCUT2D eigenvalue weighted by Gasteiger charge is -2.17. The van der Waals surface area contributed by atoms with Gasteiger partial charge in [0.25, 0.3) is 5.91 Å². The highest BCUT2D eigenvalue weighted by atomic mass is 16.5. The molecule has 8 heteroatoms. The fraction of sp³-hybridized carbons (Fsp3) is 0.333. The molecule has 3 heterocycles. The number of aryl methyl sites for hydroxylation is 1. The maximum absolute atomic E-state index is 12.8. The van der Waals surface area contributed by atoms with E-state index in [9.17, 15) is 4.79 Å². The molecule has 0 saturated heterocycles. The van der Waals surface area contributed by atoms with Crippen molar-refractivity contribution < 1.29 is 14.3 Å². The average Bonchev–Trinajstić information content (AvgIpc) is 3.23. The normalized spacial score (nSPS) is 15.3. The van der Waals surface area contributed by atoms with E-state index in [0.717, 1.165) is 5.56 Å². The summed E-state index contributed by atoms with van der Waals surface area (Å²) in [5.74, 6) is 1.47. The first kappa shape index (κ1) is 18.9. The van der Waals surface area contributed by atoms with Gasteiger partial charge in [0.05, 0.1) is 11.9 Å². The van der Waals surface area contributed by atoms with Crippen LogP contribution in [0.5, 0.6) is 11.5 Å². The van der Waals surface area contributed by atoms with Crippen LogP contribution in [-0.4, -0.2) is 31.3 Å². The summed E-state index contributed by atoms with van der Waals surface area (Å²) in [6.07, 6.45) is 7.04. The standard InChI is InChI=1S/C21H23N5O3/c1-13(16-12-22-6-7-23-16)28-17-9-14(10-18-15(17)11-21(2,3)29-18)20(27)24-19-5-8-26(4)25-19/h5-10,12-13H,11H2,1-4H3,(H,24,25,27). The molecule has 1 aliphatic heterocycles. The van der Waals surface area contributed by atoms with Gasteiger partial charge in [-0.1, -0.05) is 0 Å². The molecule has 0 bridgehead atoms. The molecule has 0 radical (unpaired) electrons. The maximum Gasteiger partial charge on any atom is 0.257 e. The van der Waals surface area contributed by atoms with Crippen molar-refractivity contribution in [3.05, 3.63) is 59.8 Å². The Morgan fingerprint density at radius 1 is 1.34 bits per heavy atom. The topological polar surface area (TPSA) is 91.2 Å². The first-order valence-electron chi connectivity index (χ1n) is 9.40. The van der Waals surface area contributed by atoms with E-state index in [1.807, 2.05) is 20.8 Å². The van der Waals surface area contributed by atoms with Crippen LogP contribution in [0.1, 0.15) is 48.5 Å². The summed E-state index contributed by atoms with van der Waals surface area (Å²) in [5.41, 5.74) is 1.73. The van der Waals surface area contributed by atoms with Gasteiger partial charge in [-0.2, -0.15) is 5.10 Å². The van der Waals surface area contributed by atoms with E-state index >= 15 is 0 Å². The molecule has 1 aromatic carbocycles. The van der Waals surface area contributed by atoms with Gasteiger partial charge in [-0.15, -0.1) is 0 Å². The molecular formula is C21H23N5O3. The van der Waals surface area contributed by atoms with E-state index in [-0.39, 0.29) is 17.6 Å². The molecule has 0 spiro atoms. The van der Waals surface area contributed by atoms with E-state index in [1.165, 1.54) is 0 Å². The van der Waals surface area contributed by atoms with Crippen LogP contribution >= 0.6 is 0 Å². The Morgan fingerprint density at radius 3 is 2.86 bits per heavy atom. The highest BCUT2D eigenvalue weighted by Crippen LogP contribution is 2.42. The minimum atomic E-state index is -0.369. The van der Waals surface area contributed by atoms with Crippen LogP contribution in [0, 0.1) is 0 Å². The van der Waals surface area contributed by atoms with Crippen LogP contribution in [0.4, 0.5) is 5.82 Å². The van der Waals surface area contributed by atoms with Gasteiger partial charge in [-0.3, -0.25) is 19.4 Å². The van der Waals surface area contributed by atoms with Crippen molar-refractivity contribution in [2.45, 2.75) is 38.9 Å². The molecule has 29 heavy (non-hydrogen) atoms. The summed E-state index contributed by atoms with van der Waals surface area (Å²) in [5, 5.41) is 6.99. The quantitative estimate of drug-likeness (QED) is 0.715. The monoisotopic (exact) mass is 393 g/mol. The van der Waals surface area contributed by atoms with Crippen molar-refractivity contribution >= 4 is 11.7 Å². The first-order valence-corrected chi connectivity index (χ1v) is 9.40. The van der Waals surface area contributed by atoms with Crippen molar-refractivity contribution in [1.29, 1.82) is 0 Å². The molecule has 1 aliphatic rings. The second kappa shape index (κ2) is 7.20. The van der Waals surface area contributed by atoms with Gasteiger partial charge in [-0.25, -0.2) is 0 Å².